The summed E-state index contributed by atoms with van der Waals surface area (Å²) in [7, 11) is 0. The number of aryl methyl sites for hydroxylation is 1. The highest BCUT2D eigenvalue weighted by Gasteiger charge is 2.12. The Morgan fingerprint density at radius 1 is 0.459 bits per heavy atom. The van der Waals surface area contributed by atoms with Crippen molar-refractivity contribution in [2.24, 2.45) is 0 Å². The van der Waals surface area contributed by atoms with Crippen molar-refractivity contribution in [2.75, 3.05) is 5.32 Å². The lowest BCUT2D eigenvalue weighted by atomic mass is 10.1. The van der Waals surface area contributed by atoms with Crippen molar-refractivity contribution in [3.63, 3.8) is 0 Å². The Morgan fingerprint density at radius 3 is 1.68 bits per heavy atom. The fourth-order valence-corrected chi connectivity index (χ4v) is 4.84. The largest absolute Gasteiger partial charge is 0.356 e. The van der Waals surface area contributed by atoms with Crippen molar-refractivity contribution in [1.82, 2.24) is 4.57 Å². The van der Waals surface area contributed by atoms with Gasteiger partial charge in [-0.25, -0.2) is 0 Å². The predicted octanol–water partition coefficient (Wildman–Crippen LogP) is 9.68. The van der Waals surface area contributed by atoms with Crippen molar-refractivity contribution in [3.05, 3.63) is 151 Å². The minimum atomic E-state index is 1.10. The molecule has 0 unspecified atom stereocenters. The molecule has 37 heavy (non-hydrogen) atoms. The molecule has 7 rings (SSSR count). The van der Waals surface area contributed by atoms with Gasteiger partial charge in [-0.05, 0) is 66.2 Å². The van der Waals surface area contributed by atoms with Crippen LogP contribution in [0.25, 0.3) is 38.3 Å². The molecule has 0 radical (unpaired) electrons. The number of anilines is 2. The van der Waals surface area contributed by atoms with Crippen molar-refractivity contribution < 1.29 is 0 Å². The van der Waals surface area contributed by atoms with Crippen molar-refractivity contribution in [1.29, 1.82) is 0 Å². The van der Waals surface area contributed by atoms with E-state index in [1.54, 1.807) is 0 Å². The van der Waals surface area contributed by atoms with Gasteiger partial charge in [0, 0.05) is 27.8 Å². The van der Waals surface area contributed by atoms with Crippen LogP contribution in [0.1, 0.15) is 5.56 Å². The Labute approximate surface area is 217 Å². The third-order valence-electron chi connectivity index (χ3n) is 6.69. The Morgan fingerprint density at radius 2 is 1.00 bits per heavy atom. The maximum absolute atomic E-state index is 3.53. The number of aromatic nitrogens is 1. The second-order valence-corrected chi connectivity index (χ2v) is 9.26. The first-order valence-electron chi connectivity index (χ1n) is 12.6. The lowest BCUT2D eigenvalue weighted by Gasteiger charge is -2.09. The predicted molar refractivity (Wildman–Crippen MR) is 159 cm³/mol. The molecule has 0 fully saturated rings. The molecule has 7 aromatic rings. The Bertz CT molecular complexity index is 1730. The summed E-state index contributed by atoms with van der Waals surface area (Å²) in [6, 6.07) is 51.0. The first-order chi connectivity index (χ1) is 18.3. The van der Waals surface area contributed by atoms with Crippen LogP contribution in [0.3, 0.4) is 0 Å². The molecular weight excluding hydrogens is 448 g/mol. The van der Waals surface area contributed by atoms with Gasteiger partial charge in [0.15, 0.2) is 0 Å². The summed E-state index contributed by atoms with van der Waals surface area (Å²) in [4.78, 5) is 0. The molecule has 6 aromatic carbocycles. The monoisotopic (exact) mass is 476 g/mol. The fourth-order valence-electron chi connectivity index (χ4n) is 4.84. The van der Waals surface area contributed by atoms with E-state index in [-0.39, 0.29) is 0 Å². The van der Waals surface area contributed by atoms with Crippen LogP contribution >= 0.6 is 0 Å². The summed E-state index contributed by atoms with van der Waals surface area (Å²) >= 11 is 0. The van der Waals surface area contributed by atoms with E-state index >= 15 is 0 Å². The number of para-hydroxylation sites is 2. The topological polar surface area (TPSA) is 17.0 Å². The third kappa shape index (κ3) is 4.70. The molecule has 1 N–H and O–H groups in total. The van der Waals surface area contributed by atoms with Crippen LogP contribution in [0.2, 0.25) is 0 Å². The molecule has 2 heteroatoms. The Balaban J connectivity index is 0.000000210. The molecule has 0 amide bonds. The van der Waals surface area contributed by atoms with Gasteiger partial charge in [-0.3, -0.25) is 0 Å². The molecule has 0 aliphatic heterocycles. The Kier molecular flexibility index (Phi) is 6.14. The highest BCUT2D eigenvalue weighted by Crippen LogP contribution is 2.34. The SMILES string of the molecule is Cc1ccc(Nc2ccc3c(c2)c2ccccc2n3-c2ccccc2)cc1.c1ccc2ccccc2c1. The van der Waals surface area contributed by atoms with Crippen LogP contribution in [-0.4, -0.2) is 4.57 Å². The highest BCUT2D eigenvalue weighted by molar-refractivity contribution is 6.10. The number of hydrogen-bond acceptors (Lipinski definition) is 1. The summed E-state index contributed by atoms with van der Waals surface area (Å²) in [5, 5.41) is 8.67. The van der Waals surface area contributed by atoms with Crippen LogP contribution < -0.4 is 5.32 Å². The van der Waals surface area contributed by atoms with E-state index in [9.17, 15) is 0 Å². The number of nitrogens with one attached hydrogen (secondary N) is 1. The zero-order valence-corrected chi connectivity index (χ0v) is 20.8. The second kappa shape index (κ2) is 10.0. The first-order valence-corrected chi connectivity index (χ1v) is 12.6. The lowest BCUT2D eigenvalue weighted by molar-refractivity contribution is 1.18. The van der Waals surface area contributed by atoms with Crippen molar-refractivity contribution in [2.45, 2.75) is 6.92 Å². The number of fused-ring (bicyclic) bond motifs is 4. The van der Waals surface area contributed by atoms with Gasteiger partial charge in [0.2, 0.25) is 0 Å². The van der Waals surface area contributed by atoms with Crippen molar-refractivity contribution >= 4 is 44.0 Å². The van der Waals surface area contributed by atoms with Crippen LogP contribution in [0, 0.1) is 6.92 Å². The number of rotatable bonds is 3. The maximum atomic E-state index is 3.53. The normalized spacial score (nSPS) is 10.8. The maximum Gasteiger partial charge on any atom is 0.0542 e. The molecule has 178 valence electrons. The van der Waals surface area contributed by atoms with Gasteiger partial charge in [0.25, 0.3) is 0 Å². The molecule has 0 spiro atoms. The van der Waals surface area contributed by atoms with Gasteiger partial charge in [-0.1, -0.05) is 103 Å². The van der Waals surface area contributed by atoms with Crippen LogP contribution in [0.5, 0.6) is 0 Å². The minimum absolute atomic E-state index is 1.10. The van der Waals surface area contributed by atoms with E-state index in [0.717, 1.165) is 11.4 Å². The second-order valence-electron chi connectivity index (χ2n) is 9.26. The van der Waals surface area contributed by atoms with E-state index in [2.05, 4.69) is 162 Å². The molecule has 0 bridgehead atoms. The average molecular weight is 477 g/mol. The van der Waals surface area contributed by atoms with E-state index in [0.29, 0.717) is 0 Å². The number of nitrogens with zero attached hydrogens (tertiary/aromatic N) is 1. The summed E-state index contributed by atoms with van der Waals surface area (Å²) in [5.41, 5.74) is 7.10. The van der Waals surface area contributed by atoms with Crippen LogP contribution in [-0.2, 0) is 0 Å². The van der Waals surface area contributed by atoms with Gasteiger partial charge in [-0.15, -0.1) is 0 Å². The minimum Gasteiger partial charge on any atom is -0.356 e. The molecule has 2 nitrogen and oxygen atoms in total. The molecule has 1 heterocycles. The van der Waals surface area contributed by atoms with Gasteiger partial charge in [0.1, 0.15) is 0 Å². The third-order valence-corrected chi connectivity index (χ3v) is 6.69. The molecule has 1 aromatic heterocycles. The Hall–Kier alpha value is -4.82. The van der Waals surface area contributed by atoms with Crippen molar-refractivity contribution in [3.8, 4) is 5.69 Å². The molecule has 0 saturated carbocycles. The smallest absolute Gasteiger partial charge is 0.0542 e. The average Bonchev–Trinajstić information content (AvgIpc) is 3.29. The molecule has 0 atom stereocenters. The van der Waals surface area contributed by atoms with Gasteiger partial charge < -0.3 is 9.88 Å². The van der Waals surface area contributed by atoms with E-state index in [4.69, 9.17) is 0 Å². The number of benzene rings is 6. The van der Waals surface area contributed by atoms with Gasteiger partial charge in [-0.2, -0.15) is 0 Å². The molecular formula is C35H28N2. The fraction of sp³-hybridized carbons (Fsp3) is 0.0286. The standard InChI is InChI=1S/C25H20N2.C10H8/c1-18-11-13-19(14-12-18)26-20-15-16-25-23(17-20)22-9-5-6-10-24(22)27(25)21-7-3-2-4-8-21;1-2-6-10-8-4-3-7-9(10)5-1/h2-17,26H,1H3;1-8H. The zero-order valence-electron chi connectivity index (χ0n) is 20.8. The summed E-state index contributed by atoms with van der Waals surface area (Å²) in [5.74, 6) is 0. The summed E-state index contributed by atoms with van der Waals surface area (Å²) < 4.78 is 2.33. The van der Waals surface area contributed by atoms with Gasteiger partial charge in [0.05, 0.1) is 11.0 Å². The highest BCUT2D eigenvalue weighted by atomic mass is 15.0. The van der Waals surface area contributed by atoms with Crippen LogP contribution in [0.4, 0.5) is 11.4 Å². The first kappa shape index (κ1) is 22.6. The van der Waals surface area contributed by atoms with E-state index in [1.165, 1.54) is 43.8 Å². The van der Waals surface area contributed by atoms with E-state index < -0.39 is 0 Å². The van der Waals surface area contributed by atoms with E-state index in [1.807, 2.05) is 0 Å². The zero-order chi connectivity index (χ0) is 25.0. The lowest BCUT2D eigenvalue weighted by Crippen LogP contribution is -1.93. The molecule has 0 aliphatic carbocycles. The van der Waals surface area contributed by atoms with Gasteiger partial charge >= 0.3 is 0 Å². The summed E-state index contributed by atoms with van der Waals surface area (Å²) in [6.45, 7) is 2.11. The molecule has 0 saturated heterocycles. The van der Waals surface area contributed by atoms with Crippen LogP contribution in [0.15, 0.2) is 146 Å². The summed E-state index contributed by atoms with van der Waals surface area (Å²) in [6.07, 6.45) is 0. The molecule has 0 aliphatic rings. The number of hydrogen-bond donors (Lipinski definition) is 1. The quantitative estimate of drug-likeness (QED) is 0.269.